The molecule has 472 valence electrons. The minimum Gasteiger partial charge on any atom is -0.494 e. The molecule has 91 heavy (non-hydrogen) atoms. The van der Waals surface area contributed by atoms with E-state index in [4.69, 9.17) is 18.9 Å². The molecule has 0 aliphatic rings. The Balaban J connectivity index is 0.689. The SMILES string of the molecule is Cc1c(C(=O)c2ccc3c(=O)n(CC(=O)O)c(=O)[nH]c3c2)c2ccccn2c1-c1ccc(OCCCCCN(CCCCCOc2ccc(-c3c(C)c(C(=O)c4ccc5c(=O)n(CC(=O)OC(C)(C)C)c(=O)[nH]c5c4)c4ccccn34)cc2)CCOCCO)cc1. The lowest BCUT2D eigenvalue weighted by Crippen LogP contribution is -2.39. The number of unbranched alkanes of at least 4 members (excludes halogenated alkanes) is 4. The van der Waals surface area contributed by atoms with Gasteiger partial charge in [0.1, 0.15) is 30.2 Å². The molecular formula is C70H73N7O14. The molecule has 21 nitrogen and oxygen atoms in total. The van der Waals surface area contributed by atoms with E-state index in [0.29, 0.717) is 53.2 Å². The second kappa shape index (κ2) is 28.3. The highest BCUT2D eigenvalue weighted by atomic mass is 16.6. The quantitative estimate of drug-likeness (QED) is 0.0193. The molecule has 4 N–H and O–H groups in total. The number of fused-ring (bicyclic) bond motifs is 4. The lowest BCUT2D eigenvalue weighted by Gasteiger charge is -2.22. The maximum Gasteiger partial charge on any atom is 0.329 e. The molecule has 0 fully saturated rings. The van der Waals surface area contributed by atoms with Crippen molar-refractivity contribution in [1.29, 1.82) is 0 Å². The Morgan fingerprint density at radius 3 is 1.44 bits per heavy atom. The van der Waals surface area contributed by atoms with Gasteiger partial charge in [-0.25, -0.2) is 18.7 Å². The zero-order valence-corrected chi connectivity index (χ0v) is 51.5. The van der Waals surface area contributed by atoms with Crippen LogP contribution in [0.5, 0.6) is 11.5 Å². The number of nitrogens with one attached hydrogen (secondary N) is 2. The summed E-state index contributed by atoms with van der Waals surface area (Å²) in [6, 6.07) is 35.8. The molecule has 0 saturated heterocycles. The fourth-order valence-corrected chi connectivity index (χ4v) is 11.7. The van der Waals surface area contributed by atoms with Crippen LogP contribution in [0, 0.1) is 13.8 Å². The van der Waals surface area contributed by atoms with Gasteiger partial charge >= 0.3 is 23.3 Å². The number of carboxylic acid groups (broad SMARTS) is 1. The van der Waals surface area contributed by atoms with E-state index < -0.39 is 53.1 Å². The van der Waals surface area contributed by atoms with Crippen LogP contribution in [0.3, 0.4) is 0 Å². The third kappa shape index (κ3) is 14.5. The summed E-state index contributed by atoms with van der Waals surface area (Å²) >= 11 is 0. The number of esters is 1. The first-order valence-electron chi connectivity index (χ1n) is 30.4. The van der Waals surface area contributed by atoms with Crippen LogP contribution >= 0.6 is 0 Å². The van der Waals surface area contributed by atoms with E-state index in [2.05, 4.69) is 14.9 Å². The number of pyridine rings is 2. The minimum absolute atomic E-state index is 0.0260. The smallest absolute Gasteiger partial charge is 0.329 e. The normalized spacial score (nSPS) is 11.8. The number of ketones is 2. The third-order valence-electron chi connectivity index (χ3n) is 15.9. The number of aromatic nitrogens is 6. The maximum absolute atomic E-state index is 14.4. The largest absolute Gasteiger partial charge is 0.494 e. The Kier molecular flexibility index (Phi) is 19.9. The summed E-state index contributed by atoms with van der Waals surface area (Å²) in [6.07, 6.45) is 9.40. The first kappa shape index (κ1) is 64.0. The van der Waals surface area contributed by atoms with Gasteiger partial charge in [0.05, 0.1) is 88.4 Å². The highest BCUT2D eigenvalue weighted by Gasteiger charge is 2.26. The number of H-pyrrole nitrogens is 2. The molecule has 21 heteroatoms. The minimum atomic E-state index is -1.33. The molecule has 10 rings (SSSR count). The van der Waals surface area contributed by atoms with Crippen molar-refractivity contribution in [1.82, 2.24) is 32.8 Å². The Hall–Kier alpha value is -9.96. The number of nitrogens with zero attached hydrogens (tertiary/aromatic N) is 5. The van der Waals surface area contributed by atoms with E-state index in [-0.39, 0.29) is 51.1 Å². The number of aromatic amines is 2. The van der Waals surface area contributed by atoms with Gasteiger partial charge in [0.15, 0.2) is 11.6 Å². The highest BCUT2D eigenvalue weighted by Crippen LogP contribution is 2.36. The lowest BCUT2D eigenvalue weighted by molar-refractivity contribution is -0.155. The van der Waals surface area contributed by atoms with Crippen LogP contribution in [0.4, 0.5) is 0 Å². The summed E-state index contributed by atoms with van der Waals surface area (Å²) in [7, 11) is 0. The lowest BCUT2D eigenvalue weighted by atomic mass is 9.98. The fraction of sp³-hybridized carbons (Fsp3) is 0.314. The summed E-state index contributed by atoms with van der Waals surface area (Å²) in [5.74, 6) is -1.19. The van der Waals surface area contributed by atoms with E-state index in [1.807, 2.05) is 120 Å². The Labute approximate surface area is 522 Å². The van der Waals surface area contributed by atoms with Gasteiger partial charge in [0, 0.05) is 30.1 Å². The molecule has 0 radical (unpaired) electrons. The van der Waals surface area contributed by atoms with Crippen molar-refractivity contribution in [2.45, 2.75) is 91.8 Å². The monoisotopic (exact) mass is 1240 g/mol. The van der Waals surface area contributed by atoms with Gasteiger partial charge in [-0.2, -0.15) is 0 Å². The van der Waals surface area contributed by atoms with Crippen LogP contribution < -0.4 is 32.0 Å². The first-order chi connectivity index (χ1) is 43.8. The van der Waals surface area contributed by atoms with Gasteiger partial charge in [-0.15, -0.1) is 0 Å². The second-order valence-corrected chi connectivity index (χ2v) is 23.5. The molecule has 0 saturated carbocycles. The topological polar surface area (TPSA) is 267 Å². The van der Waals surface area contributed by atoms with E-state index >= 15 is 0 Å². The fourth-order valence-electron chi connectivity index (χ4n) is 11.7. The number of carboxylic acids is 1. The van der Waals surface area contributed by atoms with Crippen LogP contribution in [0.15, 0.2) is 153 Å². The number of aliphatic hydroxyl groups excluding tert-OH is 1. The predicted octanol–water partition coefficient (Wildman–Crippen LogP) is 9.15. The van der Waals surface area contributed by atoms with E-state index in [1.165, 1.54) is 30.3 Å². The van der Waals surface area contributed by atoms with Crippen LogP contribution in [-0.4, -0.2) is 125 Å². The molecule has 0 spiro atoms. The first-order valence-corrected chi connectivity index (χ1v) is 30.4. The summed E-state index contributed by atoms with van der Waals surface area (Å²) in [6.45, 7) is 12.0. The molecule has 0 aliphatic carbocycles. The molecule has 0 unspecified atom stereocenters. The Morgan fingerprint density at radius 1 is 0.538 bits per heavy atom. The van der Waals surface area contributed by atoms with Gasteiger partial charge < -0.3 is 52.8 Å². The number of ether oxygens (including phenoxy) is 4. The summed E-state index contributed by atoms with van der Waals surface area (Å²) in [5, 5.41) is 18.7. The van der Waals surface area contributed by atoms with Gasteiger partial charge in [-0.1, -0.05) is 24.3 Å². The van der Waals surface area contributed by atoms with Gasteiger partial charge in [0.2, 0.25) is 0 Å². The molecule has 0 amide bonds. The molecule has 10 aromatic rings. The molecule has 6 aromatic heterocycles. The van der Waals surface area contributed by atoms with Crippen molar-refractivity contribution in [3.63, 3.8) is 0 Å². The van der Waals surface area contributed by atoms with Crippen LogP contribution in [0.1, 0.15) is 102 Å². The number of carbonyl (C=O) groups excluding carboxylic acids is 3. The van der Waals surface area contributed by atoms with E-state index in [0.717, 1.165) is 108 Å². The van der Waals surface area contributed by atoms with Gasteiger partial charge in [0.25, 0.3) is 11.1 Å². The van der Waals surface area contributed by atoms with Crippen molar-refractivity contribution in [2.24, 2.45) is 0 Å². The molecule has 6 heterocycles. The Morgan fingerprint density at radius 2 is 1.00 bits per heavy atom. The number of carbonyl (C=O) groups is 4. The third-order valence-corrected chi connectivity index (χ3v) is 15.9. The number of hydrogen-bond donors (Lipinski definition) is 4. The Bertz CT molecular complexity index is 4600. The molecule has 0 atom stereocenters. The second-order valence-electron chi connectivity index (χ2n) is 23.5. The number of rotatable bonds is 29. The van der Waals surface area contributed by atoms with Crippen molar-refractivity contribution >= 4 is 56.3 Å². The average molecular weight is 1240 g/mol. The number of aliphatic carboxylic acids is 1. The van der Waals surface area contributed by atoms with Crippen molar-refractivity contribution in [2.75, 3.05) is 52.7 Å². The van der Waals surface area contributed by atoms with Crippen LogP contribution in [0.2, 0.25) is 0 Å². The van der Waals surface area contributed by atoms with Gasteiger partial charge in [-0.05, 0) is 206 Å². The number of hydrogen-bond acceptors (Lipinski definition) is 14. The summed E-state index contributed by atoms with van der Waals surface area (Å²) < 4.78 is 28.7. The average Bonchev–Trinajstić information content (AvgIpc) is 1.68. The van der Waals surface area contributed by atoms with Gasteiger partial charge in [-0.3, -0.25) is 28.8 Å². The predicted molar refractivity (Wildman–Crippen MR) is 346 cm³/mol. The van der Waals surface area contributed by atoms with Crippen LogP contribution in [-0.2, 0) is 32.2 Å². The van der Waals surface area contributed by atoms with Crippen molar-refractivity contribution < 1.29 is 48.3 Å². The van der Waals surface area contributed by atoms with Crippen molar-refractivity contribution in [3.8, 4) is 34.0 Å². The maximum atomic E-state index is 14.4. The zero-order valence-electron chi connectivity index (χ0n) is 51.5. The summed E-state index contributed by atoms with van der Waals surface area (Å²) in [5.41, 5.74) is 4.20. The van der Waals surface area contributed by atoms with E-state index in [1.54, 1.807) is 26.8 Å². The zero-order chi connectivity index (χ0) is 64.5. The highest BCUT2D eigenvalue weighted by molar-refractivity contribution is 6.17. The van der Waals surface area contributed by atoms with Crippen LogP contribution in [0.25, 0.3) is 55.4 Å². The van der Waals surface area contributed by atoms with E-state index in [9.17, 15) is 48.6 Å². The van der Waals surface area contributed by atoms with Crippen molar-refractivity contribution in [3.05, 3.63) is 209 Å². The standard InChI is InChI=1S/C70H73N7O14/c1-44-60(64(82)48-22-28-52-54(40-48)71-68(86)76(66(52)84)42-58(79)80)56-16-8-12-32-74(56)62(44)46-18-24-50(25-19-46)89-36-14-6-10-30-73(34-38-88-39-35-78)31-11-7-15-37-90-51-26-20-47(21-27-51)63-45(2)61(57-17-9-13-33-75(57)63)65(83)49-23-29-53-55(41-49)72-69(87)77(67(53)85)43-59(81)91-70(3,4)5/h8-9,12-13,16-29,32-33,40-41,78H,6-7,10-11,14-15,30-31,34-39,42-43H2,1-5H3,(H,71,86)(H,72,87)(H,79,80). The number of benzene rings is 4. The molecular weight excluding hydrogens is 1160 g/mol. The number of aliphatic hydroxyl groups is 1. The molecule has 0 bridgehead atoms. The molecule has 0 aliphatic heterocycles. The molecule has 4 aromatic carbocycles. The summed E-state index contributed by atoms with van der Waals surface area (Å²) in [4.78, 5) is 112.